The van der Waals surface area contributed by atoms with Crippen LogP contribution in [0.4, 0.5) is 0 Å². The van der Waals surface area contributed by atoms with Gasteiger partial charge in [0.25, 0.3) is 0 Å². The van der Waals surface area contributed by atoms with Crippen LogP contribution < -0.4 is 0 Å². The van der Waals surface area contributed by atoms with E-state index in [9.17, 15) is 9.59 Å². The van der Waals surface area contributed by atoms with Crippen molar-refractivity contribution in [2.24, 2.45) is 0 Å². The molecule has 1 aromatic carbocycles. The summed E-state index contributed by atoms with van der Waals surface area (Å²) < 4.78 is 0. The second-order valence-corrected chi connectivity index (χ2v) is 6.84. The van der Waals surface area contributed by atoms with E-state index in [1.54, 1.807) is 9.80 Å². The van der Waals surface area contributed by atoms with Crippen molar-refractivity contribution >= 4 is 22.7 Å². The van der Waals surface area contributed by atoms with Crippen LogP contribution in [0, 0.1) is 0 Å². The third kappa shape index (κ3) is 2.39. The zero-order valence-corrected chi connectivity index (χ0v) is 14.0. The lowest BCUT2D eigenvalue weighted by molar-refractivity contribution is -0.157. The predicted octanol–water partition coefficient (Wildman–Crippen LogP) is 2.45. The number of aromatic nitrogens is 1. The molecule has 0 spiro atoms. The normalized spacial score (nSPS) is 20.5. The third-order valence-electron chi connectivity index (χ3n) is 5.28. The molecule has 2 amide bonds. The zero-order valence-electron chi connectivity index (χ0n) is 14.0. The molecule has 2 aliphatic heterocycles. The molecule has 0 radical (unpaired) electrons. The Balaban J connectivity index is 1.62. The van der Waals surface area contributed by atoms with Gasteiger partial charge in [0, 0.05) is 29.6 Å². The van der Waals surface area contributed by atoms with E-state index in [1.807, 2.05) is 18.2 Å². The number of unbranched alkanes of at least 4 members (excludes halogenated alkanes) is 2. The minimum absolute atomic E-state index is 0.0698. The summed E-state index contributed by atoms with van der Waals surface area (Å²) in [6, 6.07) is 7.83. The van der Waals surface area contributed by atoms with Gasteiger partial charge in [-0.2, -0.15) is 0 Å². The highest BCUT2D eigenvalue weighted by Gasteiger charge is 2.42. The number of hydrogen-bond donors (Lipinski definition) is 1. The van der Waals surface area contributed by atoms with Gasteiger partial charge in [0.1, 0.15) is 6.04 Å². The van der Waals surface area contributed by atoms with Crippen molar-refractivity contribution in [3.8, 4) is 0 Å². The summed E-state index contributed by atoms with van der Waals surface area (Å²) in [5, 5.41) is 1.18. The number of fused-ring (bicyclic) bond motifs is 4. The quantitative estimate of drug-likeness (QED) is 0.878. The molecule has 4 rings (SSSR count). The van der Waals surface area contributed by atoms with Crippen LogP contribution in [0.15, 0.2) is 24.3 Å². The number of para-hydroxylation sites is 1. The van der Waals surface area contributed by atoms with Gasteiger partial charge < -0.3 is 14.8 Å². The Hall–Kier alpha value is -2.30. The zero-order chi connectivity index (χ0) is 16.7. The van der Waals surface area contributed by atoms with E-state index in [-0.39, 0.29) is 24.4 Å². The van der Waals surface area contributed by atoms with Gasteiger partial charge >= 0.3 is 0 Å². The molecule has 1 atom stereocenters. The minimum Gasteiger partial charge on any atom is -0.357 e. The lowest BCUT2D eigenvalue weighted by Gasteiger charge is -2.42. The van der Waals surface area contributed by atoms with Crippen molar-refractivity contribution in [2.45, 2.75) is 45.2 Å². The molecule has 1 saturated heterocycles. The SMILES string of the molecule is CCCCCN1CC(=O)N2Cc3[nH]c4ccccc4c3C[C@@H]2C1=O. The molecule has 0 bridgehead atoms. The molecular formula is C19H23N3O2. The molecule has 24 heavy (non-hydrogen) atoms. The molecule has 0 aliphatic carbocycles. The van der Waals surface area contributed by atoms with Gasteiger partial charge in [0.2, 0.25) is 11.8 Å². The van der Waals surface area contributed by atoms with E-state index >= 15 is 0 Å². The molecule has 126 valence electrons. The number of aromatic amines is 1. The first kappa shape index (κ1) is 15.2. The molecule has 0 unspecified atom stereocenters. The summed E-state index contributed by atoms with van der Waals surface area (Å²) in [4.78, 5) is 32.4. The van der Waals surface area contributed by atoms with Crippen molar-refractivity contribution < 1.29 is 9.59 Å². The Morgan fingerprint density at radius 3 is 2.83 bits per heavy atom. The van der Waals surface area contributed by atoms with Gasteiger partial charge in [-0.3, -0.25) is 9.59 Å². The largest absolute Gasteiger partial charge is 0.357 e. The first-order chi connectivity index (χ1) is 11.7. The average molecular weight is 325 g/mol. The number of nitrogens with zero attached hydrogens (tertiary/aromatic N) is 2. The Kier molecular flexibility index (Phi) is 3.79. The van der Waals surface area contributed by atoms with E-state index in [0.717, 1.165) is 30.5 Å². The fourth-order valence-corrected chi connectivity index (χ4v) is 3.98. The monoisotopic (exact) mass is 325 g/mol. The molecule has 0 saturated carbocycles. The molecular weight excluding hydrogens is 302 g/mol. The number of amides is 2. The summed E-state index contributed by atoms with van der Waals surface area (Å²) in [6.07, 6.45) is 3.80. The first-order valence-corrected chi connectivity index (χ1v) is 8.85. The van der Waals surface area contributed by atoms with Crippen LogP contribution in [0.5, 0.6) is 0 Å². The van der Waals surface area contributed by atoms with Crippen LogP contribution in [0.25, 0.3) is 10.9 Å². The molecule has 2 aliphatic rings. The van der Waals surface area contributed by atoms with Crippen molar-refractivity contribution in [2.75, 3.05) is 13.1 Å². The number of carbonyl (C=O) groups excluding carboxylic acids is 2. The maximum absolute atomic E-state index is 12.9. The lowest BCUT2D eigenvalue weighted by atomic mass is 9.94. The van der Waals surface area contributed by atoms with Crippen LogP contribution in [0.2, 0.25) is 0 Å². The van der Waals surface area contributed by atoms with E-state index in [2.05, 4.69) is 18.0 Å². The van der Waals surface area contributed by atoms with E-state index in [4.69, 9.17) is 0 Å². The predicted molar refractivity (Wildman–Crippen MR) is 92.4 cm³/mol. The maximum Gasteiger partial charge on any atom is 0.246 e. The van der Waals surface area contributed by atoms with Crippen LogP contribution in [-0.4, -0.2) is 45.7 Å². The number of piperazine rings is 1. The molecule has 5 heteroatoms. The van der Waals surface area contributed by atoms with Crippen molar-refractivity contribution in [3.05, 3.63) is 35.5 Å². The summed E-state index contributed by atoms with van der Waals surface area (Å²) >= 11 is 0. The number of H-pyrrole nitrogens is 1. The Labute approximate surface area is 141 Å². The van der Waals surface area contributed by atoms with E-state index < -0.39 is 0 Å². The first-order valence-electron chi connectivity index (χ1n) is 8.85. The van der Waals surface area contributed by atoms with Gasteiger partial charge in [-0.25, -0.2) is 0 Å². The van der Waals surface area contributed by atoms with Crippen LogP contribution in [0.1, 0.15) is 37.4 Å². The van der Waals surface area contributed by atoms with Crippen LogP contribution in [-0.2, 0) is 22.6 Å². The number of hydrogen-bond acceptors (Lipinski definition) is 2. The second kappa shape index (κ2) is 5.96. The van der Waals surface area contributed by atoms with Crippen LogP contribution >= 0.6 is 0 Å². The second-order valence-electron chi connectivity index (χ2n) is 6.84. The van der Waals surface area contributed by atoms with E-state index in [1.165, 1.54) is 10.9 Å². The van der Waals surface area contributed by atoms with Crippen molar-refractivity contribution in [1.82, 2.24) is 14.8 Å². The van der Waals surface area contributed by atoms with Gasteiger partial charge in [0.05, 0.1) is 13.1 Å². The third-order valence-corrected chi connectivity index (χ3v) is 5.28. The highest BCUT2D eigenvalue weighted by Crippen LogP contribution is 2.32. The number of benzene rings is 1. The van der Waals surface area contributed by atoms with Gasteiger partial charge in [0.15, 0.2) is 0 Å². The summed E-state index contributed by atoms with van der Waals surface area (Å²) in [5.41, 5.74) is 3.36. The van der Waals surface area contributed by atoms with Crippen molar-refractivity contribution in [1.29, 1.82) is 0 Å². The van der Waals surface area contributed by atoms with Gasteiger partial charge in [-0.1, -0.05) is 38.0 Å². The van der Waals surface area contributed by atoms with E-state index in [0.29, 0.717) is 19.5 Å². The van der Waals surface area contributed by atoms with Crippen LogP contribution in [0.3, 0.4) is 0 Å². The highest BCUT2D eigenvalue weighted by atomic mass is 16.2. The van der Waals surface area contributed by atoms with Gasteiger partial charge in [-0.05, 0) is 18.1 Å². The maximum atomic E-state index is 12.9. The molecule has 1 fully saturated rings. The topological polar surface area (TPSA) is 56.4 Å². The molecule has 3 heterocycles. The number of nitrogens with one attached hydrogen (secondary N) is 1. The number of rotatable bonds is 4. The Morgan fingerprint density at radius 2 is 2.00 bits per heavy atom. The highest BCUT2D eigenvalue weighted by molar-refractivity contribution is 5.96. The summed E-state index contributed by atoms with van der Waals surface area (Å²) in [5.74, 6) is 0.182. The fourth-order valence-electron chi connectivity index (χ4n) is 3.98. The Bertz CT molecular complexity index is 795. The van der Waals surface area contributed by atoms with Gasteiger partial charge in [-0.15, -0.1) is 0 Å². The summed E-state index contributed by atoms with van der Waals surface area (Å²) in [7, 11) is 0. The minimum atomic E-state index is -0.334. The average Bonchev–Trinajstić information content (AvgIpc) is 2.96. The number of carbonyl (C=O) groups is 2. The summed E-state index contributed by atoms with van der Waals surface area (Å²) in [6.45, 7) is 3.59. The lowest BCUT2D eigenvalue weighted by Crippen LogP contribution is -2.61. The Morgan fingerprint density at radius 1 is 1.17 bits per heavy atom. The molecule has 1 aromatic heterocycles. The molecule has 2 aromatic rings. The standard InChI is InChI=1S/C19H23N3O2/c1-2-3-6-9-21-12-18(23)22-11-16-14(10-17(22)19(21)24)13-7-4-5-8-15(13)20-16/h4-5,7-8,17,20H,2-3,6,9-12H2,1H3/t17-/m1/s1. The van der Waals surface area contributed by atoms with Crippen molar-refractivity contribution in [3.63, 3.8) is 0 Å². The fraction of sp³-hybridized carbons (Fsp3) is 0.474. The molecule has 5 nitrogen and oxygen atoms in total. The molecule has 1 N–H and O–H groups in total. The smallest absolute Gasteiger partial charge is 0.246 e.